The van der Waals surface area contributed by atoms with Gasteiger partial charge in [-0.05, 0) is 62.7 Å². The molecular weight excluding hydrogens is 220 g/mol. The SMILES string of the molecule is C/C=C/C(CC1CCOCC1)C1CCC(C)CC1. The summed E-state index contributed by atoms with van der Waals surface area (Å²) in [5.74, 6) is 3.68. The van der Waals surface area contributed by atoms with Crippen molar-refractivity contribution in [1.82, 2.24) is 0 Å². The minimum atomic E-state index is 0.839. The van der Waals surface area contributed by atoms with Crippen LogP contribution < -0.4 is 0 Å². The number of allylic oxidation sites excluding steroid dienone is 2. The lowest BCUT2D eigenvalue weighted by Gasteiger charge is -2.34. The minimum Gasteiger partial charge on any atom is -0.381 e. The third-order valence-corrected chi connectivity index (χ3v) is 5.05. The normalized spacial score (nSPS) is 32.8. The maximum atomic E-state index is 5.48. The zero-order chi connectivity index (χ0) is 12.8. The van der Waals surface area contributed by atoms with E-state index in [9.17, 15) is 0 Å². The molecule has 1 aliphatic carbocycles. The molecule has 1 nitrogen and oxygen atoms in total. The van der Waals surface area contributed by atoms with Crippen LogP contribution in [0.25, 0.3) is 0 Å². The molecule has 1 aliphatic heterocycles. The van der Waals surface area contributed by atoms with Crippen LogP contribution in [0.4, 0.5) is 0 Å². The maximum Gasteiger partial charge on any atom is 0.0468 e. The summed E-state index contributed by atoms with van der Waals surface area (Å²) < 4.78 is 5.48. The van der Waals surface area contributed by atoms with E-state index < -0.39 is 0 Å². The summed E-state index contributed by atoms with van der Waals surface area (Å²) in [4.78, 5) is 0. The molecule has 1 saturated carbocycles. The summed E-state index contributed by atoms with van der Waals surface area (Å²) in [7, 11) is 0. The summed E-state index contributed by atoms with van der Waals surface area (Å²) in [6.07, 6.45) is 14.6. The summed E-state index contributed by atoms with van der Waals surface area (Å²) in [5, 5.41) is 0. The van der Waals surface area contributed by atoms with Gasteiger partial charge in [0.2, 0.25) is 0 Å². The Morgan fingerprint density at radius 3 is 2.33 bits per heavy atom. The van der Waals surface area contributed by atoms with Crippen LogP contribution in [-0.4, -0.2) is 13.2 Å². The highest BCUT2D eigenvalue weighted by molar-refractivity contribution is 4.92. The van der Waals surface area contributed by atoms with Crippen LogP contribution >= 0.6 is 0 Å². The second-order valence-electron chi connectivity index (χ2n) is 6.50. The second kappa shape index (κ2) is 7.33. The van der Waals surface area contributed by atoms with Crippen molar-refractivity contribution in [2.75, 3.05) is 13.2 Å². The monoisotopic (exact) mass is 250 g/mol. The topological polar surface area (TPSA) is 9.23 Å². The van der Waals surface area contributed by atoms with E-state index in [2.05, 4.69) is 26.0 Å². The molecule has 2 fully saturated rings. The van der Waals surface area contributed by atoms with Gasteiger partial charge in [0.25, 0.3) is 0 Å². The molecular formula is C17H30O. The fourth-order valence-corrected chi connectivity index (χ4v) is 3.76. The van der Waals surface area contributed by atoms with Crippen LogP contribution in [0, 0.1) is 23.7 Å². The van der Waals surface area contributed by atoms with Gasteiger partial charge in [-0.15, -0.1) is 0 Å². The first kappa shape index (κ1) is 14.1. The predicted octanol–water partition coefficient (Wildman–Crippen LogP) is 4.82. The first-order valence-electron chi connectivity index (χ1n) is 8.00. The van der Waals surface area contributed by atoms with E-state index in [0.29, 0.717) is 0 Å². The average Bonchev–Trinajstić information content (AvgIpc) is 2.40. The lowest BCUT2D eigenvalue weighted by molar-refractivity contribution is 0.0558. The van der Waals surface area contributed by atoms with Crippen molar-refractivity contribution in [3.63, 3.8) is 0 Å². The van der Waals surface area contributed by atoms with Crippen LogP contribution in [0.5, 0.6) is 0 Å². The predicted molar refractivity (Wildman–Crippen MR) is 77.6 cm³/mol. The van der Waals surface area contributed by atoms with Crippen molar-refractivity contribution in [1.29, 1.82) is 0 Å². The van der Waals surface area contributed by atoms with Crippen LogP contribution in [0.15, 0.2) is 12.2 Å². The van der Waals surface area contributed by atoms with Crippen LogP contribution in [-0.2, 0) is 4.74 Å². The number of hydrogen-bond acceptors (Lipinski definition) is 1. The maximum absolute atomic E-state index is 5.48. The first-order chi connectivity index (χ1) is 8.79. The highest BCUT2D eigenvalue weighted by Gasteiger charge is 2.27. The Hall–Kier alpha value is -0.300. The van der Waals surface area contributed by atoms with Gasteiger partial charge >= 0.3 is 0 Å². The molecule has 2 aliphatic rings. The fraction of sp³-hybridized carbons (Fsp3) is 0.882. The van der Waals surface area contributed by atoms with Crippen molar-refractivity contribution in [3.8, 4) is 0 Å². The molecule has 1 heteroatoms. The smallest absolute Gasteiger partial charge is 0.0468 e. The van der Waals surface area contributed by atoms with Crippen LogP contribution in [0.3, 0.4) is 0 Å². The summed E-state index contributed by atoms with van der Waals surface area (Å²) in [6, 6.07) is 0. The Balaban J connectivity index is 1.86. The standard InChI is InChI=1S/C17H30O/c1-3-4-17(13-15-9-11-18-12-10-15)16-7-5-14(2)6-8-16/h3-4,14-17H,5-13H2,1-2H3/b4-3+. The van der Waals surface area contributed by atoms with E-state index in [1.807, 2.05) is 0 Å². The lowest BCUT2D eigenvalue weighted by Crippen LogP contribution is -2.24. The van der Waals surface area contributed by atoms with E-state index in [-0.39, 0.29) is 0 Å². The minimum absolute atomic E-state index is 0.839. The number of hydrogen-bond donors (Lipinski definition) is 0. The Morgan fingerprint density at radius 1 is 1.06 bits per heavy atom. The Morgan fingerprint density at radius 2 is 1.72 bits per heavy atom. The Bertz CT molecular complexity index is 244. The van der Waals surface area contributed by atoms with Gasteiger partial charge in [-0.1, -0.05) is 31.9 Å². The molecule has 2 rings (SSSR count). The highest BCUT2D eigenvalue weighted by atomic mass is 16.5. The summed E-state index contributed by atoms with van der Waals surface area (Å²) in [6.45, 7) is 6.59. The molecule has 1 heterocycles. The summed E-state index contributed by atoms with van der Waals surface area (Å²) in [5.41, 5.74) is 0. The lowest BCUT2D eigenvalue weighted by atomic mass is 9.72. The van der Waals surface area contributed by atoms with Gasteiger partial charge in [0.05, 0.1) is 0 Å². The molecule has 1 atom stereocenters. The second-order valence-corrected chi connectivity index (χ2v) is 6.50. The summed E-state index contributed by atoms with van der Waals surface area (Å²) >= 11 is 0. The molecule has 0 aromatic carbocycles. The van der Waals surface area contributed by atoms with E-state index >= 15 is 0 Å². The number of rotatable bonds is 4. The van der Waals surface area contributed by atoms with Crippen molar-refractivity contribution >= 4 is 0 Å². The van der Waals surface area contributed by atoms with Gasteiger partial charge in [-0.3, -0.25) is 0 Å². The van der Waals surface area contributed by atoms with Crippen LogP contribution in [0.2, 0.25) is 0 Å². The quantitative estimate of drug-likeness (QED) is 0.650. The molecule has 0 spiro atoms. The van der Waals surface area contributed by atoms with Gasteiger partial charge in [0, 0.05) is 13.2 Å². The van der Waals surface area contributed by atoms with Crippen molar-refractivity contribution in [2.24, 2.45) is 23.7 Å². The largest absolute Gasteiger partial charge is 0.381 e. The van der Waals surface area contributed by atoms with Crippen molar-refractivity contribution < 1.29 is 4.74 Å². The van der Waals surface area contributed by atoms with Crippen LogP contribution in [0.1, 0.15) is 58.8 Å². The van der Waals surface area contributed by atoms with Gasteiger partial charge in [-0.25, -0.2) is 0 Å². The van der Waals surface area contributed by atoms with E-state index in [1.165, 1.54) is 44.9 Å². The van der Waals surface area contributed by atoms with Crippen molar-refractivity contribution in [2.45, 2.75) is 58.8 Å². The fourth-order valence-electron chi connectivity index (χ4n) is 3.76. The van der Waals surface area contributed by atoms with Gasteiger partial charge in [0.1, 0.15) is 0 Å². The molecule has 1 saturated heterocycles. The third-order valence-electron chi connectivity index (χ3n) is 5.05. The molecule has 0 radical (unpaired) electrons. The molecule has 0 aromatic heterocycles. The van der Waals surface area contributed by atoms with Gasteiger partial charge < -0.3 is 4.74 Å². The van der Waals surface area contributed by atoms with Gasteiger partial charge in [0.15, 0.2) is 0 Å². The number of ether oxygens (including phenoxy) is 1. The van der Waals surface area contributed by atoms with Gasteiger partial charge in [-0.2, -0.15) is 0 Å². The third kappa shape index (κ3) is 4.12. The van der Waals surface area contributed by atoms with E-state index in [0.717, 1.165) is 36.9 Å². The Kier molecular flexibility index (Phi) is 5.75. The van der Waals surface area contributed by atoms with Crippen molar-refractivity contribution in [3.05, 3.63) is 12.2 Å². The molecule has 18 heavy (non-hydrogen) atoms. The molecule has 0 bridgehead atoms. The Labute approximate surface area is 113 Å². The zero-order valence-electron chi connectivity index (χ0n) is 12.2. The van der Waals surface area contributed by atoms with E-state index in [1.54, 1.807) is 0 Å². The molecule has 1 unspecified atom stereocenters. The molecule has 104 valence electrons. The highest BCUT2D eigenvalue weighted by Crippen LogP contribution is 2.38. The molecule has 0 amide bonds. The average molecular weight is 250 g/mol. The van der Waals surface area contributed by atoms with E-state index in [4.69, 9.17) is 4.74 Å². The molecule has 0 N–H and O–H groups in total. The first-order valence-corrected chi connectivity index (χ1v) is 8.00. The zero-order valence-corrected chi connectivity index (χ0v) is 12.2. The molecule has 0 aromatic rings.